The topological polar surface area (TPSA) is 64.2 Å². The number of rotatable bonds is 4. The predicted molar refractivity (Wildman–Crippen MR) is 75.8 cm³/mol. The second kappa shape index (κ2) is 5.67. The van der Waals surface area contributed by atoms with E-state index in [0.29, 0.717) is 23.6 Å². The molecule has 1 aromatic heterocycles. The smallest absolute Gasteiger partial charge is 0.283 e. The number of aromatic nitrogens is 2. The average Bonchev–Trinajstić information content (AvgIpc) is 2.83. The van der Waals surface area contributed by atoms with E-state index >= 15 is 0 Å². The van der Waals surface area contributed by atoms with Gasteiger partial charge < -0.3 is 10.6 Å². The quantitative estimate of drug-likeness (QED) is 0.846. The fourth-order valence-electron chi connectivity index (χ4n) is 2.31. The highest BCUT2D eigenvalue weighted by Gasteiger charge is 2.26. The van der Waals surface area contributed by atoms with Crippen molar-refractivity contribution in [3.05, 3.63) is 33.7 Å². The van der Waals surface area contributed by atoms with Gasteiger partial charge in [-0.05, 0) is 28.8 Å². The van der Waals surface area contributed by atoms with Crippen molar-refractivity contribution >= 4 is 21.6 Å². The van der Waals surface area contributed by atoms with E-state index in [2.05, 4.69) is 32.5 Å². The molecule has 0 aliphatic carbocycles. The van der Waals surface area contributed by atoms with E-state index in [-0.39, 0.29) is 5.56 Å². The summed E-state index contributed by atoms with van der Waals surface area (Å²) in [7, 11) is 0. The van der Waals surface area contributed by atoms with Crippen LogP contribution in [0.1, 0.15) is 12.8 Å². The largest absolute Gasteiger partial charge is 0.365 e. The van der Waals surface area contributed by atoms with Gasteiger partial charge in [0, 0.05) is 19.1 Å². The van der Waals surface area contributed by atoms with Crippen molar-refractivity contribution in [1.29, 1.82) is 0 Å². The molecule has 5 nitrogen and oxygen atoms in total. The lowest BCUT2D eigenvalue weighted by Crippen LogP contribution is -2.37. The monoisotopic (exact) mass is 312 g/mol. The summed E-state index contributed by atoms with van der Waals surface area (Å²) < 4.78 is 1.94. The third-order valence-corrected chi connectivity index (χ3v) is 3.97. The third kappa shape index (κ3) is 2.35. The van der Waals surface area contributed by atoms with Crippen LogP contribution in [0.15, 0.2) is 28.1 Å². The number of hydrogen-bond donors (Lipinski definition) is 1. The highest BCUT2D eigenvalue weighted by atomic mass is 79.9. The molecule has 2 heterocycles. The minimum absolute atomic E-state index is 0.130. The van der Waals surface area contributed by atoms with Crippen LogP contribution in [0.3, 0.4) is 0 Å². The lowest BCUT2D eigenvalue weighted by Gasteiger charge is -2.26. The molecule has 1 atom stereocenters. The summed E-state index contributed by atoms with van der Waals surface area (Å²) in [5.41, 5.74) is 6.46. The van der Waals surface area contributed by atoms with Crippen molar-refractivity contribution in [2.24, 2.45) is 5.73 Å². The Morgan fingerprint density at radius 2 is 2.44 bits per heavy atom. The maximum atomic E-state index is 12.1. The summed E-state index contributed by atoms with van der Waals surface area (Å²) in [4.78, 5) is 14.2. The number of hydrogen-bond acceptors (Lipinski definition) is 4. The Morgan fingerprint density at radius 3 is 3.11 bits per heavy atom. The maximum absolute atomic E-state index is 12.1. The van der Waals surface area contributed by atoms with E-state index < -0.39 is 0 Å². The van der Waals surface area contributed by atoms with E-state index in [1.807, 2.05) is 0 Å². The van der Waals surface area contributed by atoms with Crippen LogP contribution in [0.25, 0.3) is 0 Å². The van der Waals surface area contributed by atoms with E-state index in [1.165, 1.54) is 4.68 Å². The molecule has 1 fully saturated rings. The first kappa shape index (κ1) is 13.3. The summed E-state index contributed by atoms with van der Waals surface area (Å²) >= 11 is 3.38. The Balaban J connectivity index is 2.37. The van der Waals surface area contributed by atoms with Gasteiger partial charge in [0.1, 0.15) is 4.47 Å². The van der Waals surface area contributed by atoms with Crippen LogP contribution in [0, 0.1) is 0 Å². The molecule has 18 heavy (non-hydrogen) atoms. The molecular weight excluding hydrogens is 296 g/mol. The minimum atomic E-state index is -0.130. The highest BCUT2D eigenvalue weighted by Crippen LogP contribution is 2.28. The van der Waals surface area contributed by atoms with Gasteiger partial charge in [-0.15, -0.1) is 6.58 Å². The van der Waals surface area contributed by atoms with Gasteiger partial charge in [-0.1, -0.05) is 6.08 Å². The summed E-state index contributed by atoms with van der Waals surface area (Å²) in [6.45, 7) is 5.55. The SMILES string of the molecule is C=CCn1ncc(N2CCCC2CN)c(Br)c1=O. The van der Waals surface area contributed by atoms with Crippen LogP contribution in [0.2, 0.25) is 0 Å². The van der Waals surface area contributed by atoms with Crippen LogP contribution < -0.4 is 16.2 Å². The van der Waals surface area contributed by atoms with E-state index in [9.17, 15) is 4.79 Å². The van der Waals surface area contributed by atoms with Crippen LogP contribution in [-0.2, 0) is 6.54 Å². The van der Waals surface area contributed by atoms with Crippen molar-refractivity contribution in [2.75, 3.05) is 18.0 Å². The zero-order valence-corrected chi connectivity index (χ0v) is 11.8. The fraction of sp³-hybridized carbons (Fsp3) is 0.500. The average molecular weight is 313 g/mol. The zero-order valence-electron chi connectivity index (χ0n) is 10.2. The number of allylic oxidation sites excluding steroid dienone is 1. The minimum Gasteiger partial charge on any atom is -0.365 e. The van der Waals surface area contributed by atoms with E-state index in [4.69, 9.17) is 5.73 Å². The molecule has 0 radical (unpaired) electrons. The van der Waals surface area contributed by atoms with Crippen molar-refractivity contribution in [2.45, 2.75) is 25.4 Å². The summed E-state index contributed by atoms with van der Waals surface area (Å²) in [6.07, 6.45) is 5.55. The van der Waals surface area contributed by atoms with Crippen molar-refractivity contribution < 1.29 is 0 Å². The Bertz CT molecular complexity index is 499. The molecule has 0 aromatic carbocycles. The lowest BCUT2D eigenvalue weighted by molar-refractivity contribution is 0.634. The summed E-state index contributed by atoms with van der Waals surface area (Å²) in [5, 5.41) is 4.16. The van der Waals surface area contributed by atoms with Gasteiger partial charge in [-0.3, -0.25) is 4.79 Å². The molecule has 1 unspecified atom stereocenters. The molecule has 98 valence electrons. The Hall–Kier alpha value is -1.14. The zero-order chi connectivity index (χ0) is 13.1. The van der Waals surface area contributed by atoms with Crippen LogP contribution in [-0.4, -0.2) is 28.9 Å². The van der Waals surface area contributed by atoms with Gasteiger partial charge in [-0.2, -0.15) is 5.10 Å². The van der Waals surface area contributed by atoms with Crippen LogP contribution in [0.4, 0.5) is 5.69 Å². The first-order valence-corrected chi connectivity index (χ1v) is 6.81. The lowest BCUT2D eigenvalue weighted by atomic mass is 10.2. The number of nitrogens with two attached hydrogens (primary N) is 1. The summed E-state index contributed by atoms with van der Waals surface area (Å²) in [6, 6.07) is 0.303. The number of halogens is 1. The first-order chi connectivity index (χ1) is 8.69. The van der Waals surface area contributed by atoms with E-state index in [0.717, 1.165) is 25.1 Å². The van der Waals surface area contributed by atoms with Crippen LogP contribution >= 0.6 is 15.9 Å². The molecule has 1 aromatic rings. The van der Waals surface area contributed by atoms with Crippen molar-refractivity contribution in [3.8, 4) is 0 Å². The molecule has 1 aliphatic rings. The highest BCUT2D eigenvalue weighted by molar-refractivity contribution is 9.10. The predicted octanol–water partition coefficient (Wildman–Crippen LogP) is 1.12. The van der Waals surface area contributed by atoms with Gasteiger partial charge in [0.15, 0.2) is 0 Å². The first-order valence-electron chi connectivity index (χ1n) is 6.02. The van der Waals surface area contributed by atoms with Crippen molar-refractivity contribution in [1.82, 2.24) is 9.78 Å². The van der Waals surface area contributed by atoms with Crippen LogP contribution in [0.5, 0.6) is 0 Å². The molecule has 1 saturated heterocycles. The molecule has 0 bridgehead atoms. The second-order valence-electron chi connectivity index (χ2n) is 4.34. The van der Waals surface area contributed by atoms with Gasteiger partial charge in [0.2, 0.25) is 0 Å². The molecule has 2 rings (SSSR count). The molecular formula is C12H17BrN4O. The standard InChI is InChI=1S/C12H17BrN4O/c1-2-5-17-12(18)11(13)10(8-15-17)16-6-3-4-9(16)7-14/h2,8-9H,1,3-7,14H2. The Labute approximate surface area is 114 Å². The van der Waals surface area contributed by atoms with Gasteiger partial charge in [0.25, 0.3) is 5.56 Å². The Kier molecular flexibility index (Phi) is 4.19. The molecule has 1 aliphatic heterocycles. The molecule has 0 amide bonds. The maximum Gasteiger partial charge on any atom is 0.283 e. The fourth-order valence-corrected chi connectivity index (χ4v) is 2.84. The van der Waals surface area contributed by atoms with E-state index in [1.54, 1.807) is 12.3 Å². The van der Waals surface area contributed by atoms with Gasteiger partial charge in [0.05, 0.1) is 18.4 Å². The van der Waals surface area contributed by atoms with Gasteiger partial charge >= 0.3 is 0 Å². The molecule has 6 heteroatoms. The normalized spacial score (nSPS) is 19.2. The summed E-state index contributed by atoms with van der Waals surface area (Å²) in [5.74, 6) is 0. The van der Waals surface area contributed by atoms with Crippen molar-refractivity contribution in [3.63, 3.8) is 0 Å². The molecule has 2 N–H and O–H groups in total. The number of anilines is 1. The van der Waals surface area contributed by atoms with Gasteiger partial charge in [-0.25, -0.2) is 4.68 Å². The molecule has 0 saturated carbocycles. The Morgan fingerprint density at radius 1 is 1.67 bits per heavy atom. The third-order valence-electron chi connectivity index (χ3n) is 3.23. The number of nitrogens with zero attached hydrogens (tertiary/aromatic N) is 3. The second-order valence-corrected chi connectivity index (χ2v) is 5.14. The molecule has 0 spiro atoms.